The quantitative estimate of drug-likeness (QED) is 0.598. The fourth-order valence-corrected chi connectivity index (χ4v) is 1.91. The van der Waals surface area contributed by atoms with Crippen molar-refractivity contribution in [3.05, 3.63) is 39.4 Å². The van der Waals surface area contributed by atoms with E-state index in [9.17, 15) is 10.1 Å². The van der Waals surface area contributed by atoms with E-state index in [1.807, 2.05) is 6.92 Å². The van der Waals surface area contributed by atoms with Gasteiger partial charge < -0.3 is 9.47 Å². The molecule has 1 aliphatic heterocycles. The lowest BCUT2D eigenvalue weighted by atomic mass is 10.0. The summed E-state index contributed by atoms with van der Waals surface area (Å²) in [4.78, 5) is 10.3. The summed E-state index contributed by atoms with van der Waals surface area (Å²) < 4.78 is 11.0. The molecule has 0 amide bonds. The molecule has 0 atom stereocenters. The third kappa shape index (κ3) is 2.62. The van der Waals surface area contributed by atoms with Crippen LogP contribution < -0.4 is 0 Å². The molecule has 17 heavy (non-hydrogen) atoms. The van der Waals surface area contributed by atoms with Gasteiger partial charge in [0.1, 0.15) is 0 Å². The zero-order valence-electron chi connectivity index (χ0n) is 9.72. The number of benzene rings is 1. The van der Waals surface area contributed by atoms with Gasteiger partial charge in [-0.25, -0.2) is 0 Å². The monoisotopic (exact) mass is 237 g/mol. The number of non-ortho nitro benzene ring substituents is 1. The second-order valence-electron chi connectivity index (χ2n) is 3.92. The molecule has 0 aromatic heterocycles. The van der Waals surface area contributed by atoms with Crippen LogP contribution in [0, 0.1) is 10.1 Å². The van der Waals surface area contributed by atoms with E-state index in [0.29, 0.717) is 13.2 Å². The van der Waals surface area contributed by atoms with E-state index in [-0.39, 0.29) is 16.9 Å². The number of nitro benzene ring substituents is 1. The van der Waals surface area contributed by atoms with Crippen LogP contribution in [-0.2, 0) is 15.9 Å². The van der Waals surface area contributed by atoms with Crippen molar-refractivity contribution in [1.29, 1.82) is 0 Å². The molecule has 1 saturated heterocycles. The van der Waals surface area contributed by atoms with Gasteiger partial charge in [0, 0.05) is 17.7 Å². The van der Waals surface area contributed by atoms with Crippen molar-refractivity contribution in [3.8, 4) is 0 Å². The Hall–Kier alpha value is -1.46. The Morgan fingerprint density at radius 1 is 1.41 bits per heavy atom. The van der Waals surface area contributed by atoms with Crippen LogP contribution >= 0.6 is 0 Å². The van der Waals surface area contributed by atoms with Crippen molar-refractivity contribution in [3.63, 3.8) is 0 Å². The maximum Gasteiger partial charge on any atom is 0.269 e. The number of aryl methyl sites for hydroxylation is 1. The summed E-state index contributed by atoms with van der Waals surface area (Å²) >= 11 is 0. The zero-order valence-corrected chi connectivity index (χ0v) is 9.72. The van der Waals surface area contributed by atoms with E-state index in [1.54, 1.807) is 12.1 Å². The Balaban J connectivity index is 2.29. The van der Waals surface area contributed by atoms with Gasteiger partial charge in [0.05, 0.1) is 18.1 Å². The number of nitro groups is 1. The maximum absolute atomic E-state index is 10.7. The minimum atomic E-state index is -0.383. The number of rotatable bonds is 3. The summed E-state index contributed by atoms with van der Waals surface area (Å²) in [5, 5.41) is 10.7. The van der Waals surface area contributed by atoms with Crippen LogP contribution in [-0.4, -0.2) is 18.1 Å². The smallest absolute Gasteiger partial charge is 0.269 e. The van der Waals surface area contributed by atoms with Crippen molar-refractivity contribution in [1.82, 2.24) is 0 Å². The molecule has 2 rings (SSSR count). The van der Waals surface area contributed by atoms with Gasteiger partial charge in [0.2, 0.25) is 0 Å². The summed E-state index contributed by atoms with van der Waals surface area (Å²) in [7, 11) is 0. The molecule has 0 aliphatic carbocycles. The molecule has 1 fully saturated rings. The lowest BCUT2D eigenvalue weighted by Crippen LogP contribution is -2.19. The molecule has 0 N–H and O–H groups in total. The average Bonchev–Trinajstić information content (AvgIpc) is 2.39. The van der Waals surface area contributed by atoms with Crippen LogP contribution in [0.15, 0.2) is 18.2 Å². The first-order valence-electron chi connectivity index (χ1n) is 5.72. The van der Waals surface area contributed by atoms with Crippen LogP contribution in [0.1, 0.15) is 30.8 Å². The molecule has 5 nitrogen and oxygen atoms in total. The molecule has 1 aromatic rings. The van der Waals surface area contributed by atoms with E-state index < -0.39 is 0 Å². The summed E-state index contributed by atoms with van der Waals surface area (Å²) in [5.74, 6) is 0. The second-order valence-corrected chi connectivity index (χ2v) is 3.92. The zero-order chi connectivity index (χ0) is 12.3. The lowest BCUT2D eigenvalue weighted by Gasteiger charge is -2.25. The second kappa shape index (κ2) is 5.25. The number of nitrogens with zero attached hydrogens (tertiary/aromatic N) is 1. The molecular formula is C12H15NO4. The molecule has 1 heterocycles. The fourth-order valence-electron chi connectivity index (χ4n) is 1.91. The van der Waals surface area contributed by atoms with E-state index in [0.717, 1.165) is 24.0 Å². The predicted molar refractivity (Wildman–Crippen MR) is 61.7 cm³/mol. The fraction of sp³-hybridized carbons (Fsp3) is 0.500. The van der Waals surface area contributed by atoms with E-state index in [4.69, 9.17) is 9.47 Å². The molecule has 0 radical (unpaired) electrons. The highest BCUT2D eigenvalue weighted by atomic mass is 16.7. The van der Waals surface area contributed by atoms with Gasteiger partial charge in [-0.2, -0.15) is 0 Å². The van der Waals surface area contributed by atoms with E-state index in [1.165, 1.54) is 6.07 Å². The summed E-state index contributed by atoms with van der Waals surface area (Å²) in [6.07, 6.45) is 1.24. The van der Waals surface area contributed by atoms with Gasteiger partial charge in [-0.05, 0) is 24.5 Å². The summed E-state index contributed by atoms with van der Waals surface area (Å²) in [6, 6.07) is 4.82. The number of hydrogen-bond donors (Lipinski definition) is 0. The molecule has 0 unspecified atom stereocenters. The predicted octanol–water partition coefficient (Wildman–Crippen LogP) is 2.59. The number of hydrogen-bond acceptors (Lipinski definition) is 4. The Kier molecular flexibility index (Phi) is 3.71. The van der Waals surface area contributed by atoms with Crippen molar-refractivity contribution in [2.45, 2.75) is 26.1 Å². The molecule has 0 saturated carbocycles. The minimum Gasteiger partial charge on any atom is -0.348 e. The van der Waals surface area contributed by atoms with Gasteiger partial charge in [0.15, 0.2) is 6.29 Å². The Morgan fingerprint density at radius 3 is 2.71 bits per heavy atom. The molecule has 5 heteroatoms. The average molecular weight is 237 g/mol. The van der Waals surface area contributed by atoms with Crippen LogP contribution in [0.2, 0.25) is 0 Å². The van der Waals surface area contributed by atoms with Crippen molar-refractivity contribution in [2.24, 2.45) is 0 Å². The molecule has 1 aliphatic rings. The SMILES string of the molecule is CCc1cc([N+](=O)[O-])ccc1C1OCCCO1. The molecule has 0 spiro atoms. The topological polar surface area (TPSA) is 61.6 Å². The van der Waals surface area contributed by atoms with Crippen molar-refractivity contribution < 1.29 is 14.4 Å². The Bertz CT molecular complexity index is 413. The molecule has 92 valence electrons. The lowest BCUT2D eigenvalue weighted by molar-refractivity contribution is -0.385. The van der Waals surface area contributed by atoms with Crippen LogP contribution in [0.25, 0.3) is 0 Å². The summed E-state index contributed by atoms with van der Waals surface area (Å²) in [5.41, 5.74) is 1.92. The third-order valence-corrected chi connectivity index (χ3v) is 2.80. The Morgan fingerprint density at radius 2 is 2.12 bits per heavy atom. The van der Waals surface area contributed by atoms with Crippen LogP contribution in [0.4, 0.5) is 5.69 Å². The first kappa shape index (κ1) is 12.0. The highest BCUT2D eigenvalue weighted by Crippen LogP contribution is 2.28. The first-order chi connectivity index (χ1) is 8.22. The van der Waals surface area contributed by atoms with E-state index >= 15 is 0 Å². The van der Waals surface area contributed by atoms with Gasteiger partial charge in [0.25, 0.3) is 5.69 Å². The molecular weight excluding hydrogens is 222 g/mol. The largest absolute Gasteiger partial charge is 0.348 e. The first-order valence-corrected chi connectivity index (χ1v) is 5.72. The van der Waals surface area contributed by atoms with Crippen LogP contribution in [0.3, 0.4) is 0 Å². The van der Waals surface area contributed by atoms with Crippen LogP contribution in [0.5, 0.6) is 0 Å². The standard InChI is InChI=1S/C12H15NO4/c1-2-9-8-10(13(14)15)4-5-11(9)12-16-6-3-7-17-12/h4-5,8,12H,2-3,6-7H2,1H3. The van der Waals surface area contributed by atoms with E-state index in [2.05, 4.69) is 0 Å². The highest BCUT2D eigenvalue weighted by molar-refractivity contribution is 5.40. The Labute approximate surface area is 99.5 Å². The summed E-state index contributed by atoms with van der Waals surface area (Å²) in [6.45, 7) is 3.31. The van der Waals surface area contributed by atoms with Gasteiger partial charge >= 0.3 is 0 Å². The number of ether oxygens (including phenoxy) is 2. The van der Waals surface area contributed by atoms with Gasteiger partial charge in [-0.3, -0.25) is 10.1 Å². The van der Waals surface area contributed by atoms with Crippen molar-refractivity contribution in [2.75, 3.05) is 13.2 Å². The minimum absolute atomic E-state index is 0.112. The molecule has 1 aromatic carbocycles. The molecule has 0 bridgehead atoms. The van der Waals surface area contributed by atoms with Gasteiger partial charge in [-0.15, -0.1) is 0 Å². The normalized spacial score (nSPS) is 17.0. The highest BCUT2D eigenvalue weighted by Gasteiger charge is 2.21. The maximum atomic E-state index is 10.7. The van der Waals surface area contributed by atoms with Gasteiger partial charge in [-0.1, -0.05) is 6.92 Å². The third-order valence-electron chi connectivity index (χ3n) is 2.80. The van der Waals surface area contributed by atoms with Crippen molar-refractivity contribution >= 4 is 5.69 Å².